The van der Waals surface area contributed by atoms with Crippen molar-refractivity contribution in [1.29, 1.82) is 0 Å². The van der Waals surface area contributed by atoms with Gasteiger partial charge in [0, 0.05) is 35.5 Å². The van der Waals surface area contributed by atoms with E-state index in [0.717, 1.165) is 47.3 Å². The Morgan fingerprint density at radius 3 is 2.44 bits per heavy atom. The molecule has 1 aliphatic heterocycles. The number of amides is 1. The van der Waals surface area contributed by atoms with Crippen LogP contribution >= 0.6 is 15.9 Å². The van der Waals surface area contributed by atoms with Crippen molar-refractivity contribution in [1.82, 2.24) is 19.7 Å². The van der Waals surface area contributed by atoms with Gasteiger partial charge in [0.25, 0.3) is 5.91 Å². The van der Waals surface area contributed by atoms with E-state index in [1.54, 1.807) is 12.4 Å². The lowest BCUT2D eigenvalue weighted by atomic mass is 10.2. The summed E-state index contributed by atoms with van der Waals surface area (Å²) in [5.41, 5.74) is 3.35. The fraction of sp³-hybridized carbons (Fsp3) is 0.211. The van der Waals surface area contributed by atoms with Crippen molar-refractivity contribution in [3.8, 4) is 16.9 Å². The summed E-state index contributed by atoms with van der Waals surface area (Å²) in [4.78, 5) is 18.7. The summed E-state index contributed by atoms with van der Waals surface area (Å²) < 4.78 is 2.84. The second kappa shape index (κ2) is 6.80. The monoisotopic (exact) mass is 396 g/mol. The Morgan fingerprint density at radius 1 is 1.00 bits per heavy atom. The van der Waals surface area contributed by atoms with Crippen molar-refractivity contribution in [2.24, 2.45) is 0 Å². The topological polar surface area (TPSA) is 51.0 Å². The average molecular weight is 397 g/mol. The molecule has 6 heteroatoms. The summed E-state index contributed by atoms with van der Waals surface area (Å²) >= 11 is 3.43. The van der Waals surface area contributed by atoms with Crippen LogP contribution in [0, 0.1) is 0 Å². The summed E-state index contributed by atoms with van der Waals surface area (Å²) in [5, 5.41) is 4.40. The van der Waals surface area contributed by atoms with Gasteiger partial charge < -0.3 is 4.90 Å². The number of likely N-dealkylation sites (tertiary alicyclic amines) is 1. The lowest BCUT2D eigenvalue weighted by Crippen LogP contribution is -2.27. The van der Waals surface area contributed by atoms with Crippen molar-refractivity contribution in [3.05, 3.63) is 65.0 Å². The number of rotatable bonds is 3. The Kier molecular flexibility index (Phi) is 4.36. The standard InChI is InChI=1S/C19H17BrN4O/c20-16-4-6-17(7-5-16)24-13-15(12-22-24)18-8-3-14(11-21-18)19(25)23-9-1-2-10-23/h3-8,11-13H,1-2,9-10H2. The minimum Gasteiger partial charge on any atom is -0.339 e. The molecule has 1 saturated heterocycles. The molecule has 1 amide bonds. The van der Waals surface area contributed by atoms with Crippen molar-refractivity contribution < 1.29 is 4.79 Å². The number of halogens is 1. The van der Waals surface area contributed by atoms with E-state index < -0.39 is 0 Å². The second-order valence-corrected chi connectivity index (χ2v) is 7.00. The summed E-state index contributed by atoms with van der Waals surface area (Å²) in [5.74, 6) is 0.0714. The van der Waals surface area contributed by atoms with Gasteiger partial charge in [0.15, 0.2) is 0 Å². The predicted octanol–water partition coefficient (Wildman–Crippen LogP) is 3.93. The highest BCUT2D eigenvalue weighted by Gasteiger charge is 2.19. The van der Waals surface area contributed by atoms with E-state index in [2.05, 4.69) is 26.0 Å². The lowest BCUT2D eigenvalue weighted by Gasteiger charge is -2.14. The van der Waals surface area contributed by atoms with Crippen LogP contribution < -0.4 is 0 Å². The van der Waals surface area contributed by atoms with E-state index in [1.165, 1.54) is 0 Å². The van der Waals surface area contributed by atoms with Gasteiger partial charge in [0.2, 0.25) is 0 Å². The molecular formula is C19H17BrN4O. The Balaban J connectivity index is 1.54. The highest BCUT2D eigenvalue weighted by atomic mass is 79.9. The third-order valence-electron chi connectivity index (χ3n) is 4.37. The van der Waals surface area contributed by atoms with E-state index in [1.807, 2.05) is 52.2 Å². The molecule has 126 valence electrons. The van der Waals surface area contributed by atoms with E-state index in [0.29, 0.717) is 5.56 Å². The van der Waals surface area contributed by atoms with Crippen LogP contribution in [0.5, 0.6) is 0 Å². The number of carbonyl (C=O) groups excluding carboxylic acids is 1. The molecule has 3 heterocycles. The molecule has 2 aromatic heterocycles. The van der Waals surface area contributed by atoms with Crippen molar-refractivity contribution in [2.45, 2.75) is 12.8 Å². The number of hydrogen-bond donors (Lipinski definition) is 0. The van der Waals surface area contributed by atoms with Crippen molar-refractivity contribution in [3.63, 3.8) is 0 Å². The fourth-order valence-electron chi connectivity index (χ4n) is 2.98. The molecule has 0 aliphatic carbocycles. The van der Waals surface area contributed by atoms with Gasteiger partial charge in [0.1, 0.15) is 0 Å². The first kappa shape index (κ1) is 16.0. The molecule has 25 heavy (non-hydrogen) atoms. The molecule has 1 aromatic carbocycles. The van der Waals surface area contributed by atoms with Gasteiger partial charge in [-0.1, -0.05) is 15.9 Å². The first-order valence-electron chi connectivity index (χ1n) is 8.27. The van der Waals surface area contributed by atoms with Crippen LogP contribution in [-0.2, 0) is 0 Å². The maximum Gasteiger partial charge on any atom is 0.255 e. The highest BCUT2D eigenvalue weighted by molar-refractivity contribution is 9.10. The Hall–Kier alpha value is -2.47. The number of carbonyl (C=O) groups is 1. The molecule has 1 fully saturated rings. The summed E-state index contributed by atoms with van der Waals surface area (Å²) in [6, 6.07) is 11.7. The number of benzene rings is 1. The van der Waals surface area contributed by atoms with Crippen LogP contribution in [0.2, 0.25) is 0 Å². The zero-order chi connectivity index (χ0) is 17.2. The number of nitrogens with zero attached hydrogens (tertiary/aromatic N) is 4. The Labute approximate surface area is 154 Å². The lowest BCUT2D eigenvalue weighted by molar-refractivity contribution is 0.0792. The van der Waals surface area contributed by atoms with Crippen molar-refractivity contribution in [2.75, 3.05) is 13.1 Å². The zero-order valence-electron chi connectivity index (χ0n) is 13.6. The average Bonchev–Trinajstić information content (AvgIpc) is 3.34. The summed E-state index contributed by atoms with van der Waals surface area (Å²) in [6.45, 7) is 1.70. The van der Waals surface area contributed by atoms with Crippen LogP contribution in [0.15, 0.2) is 59.5 Å². The van der Waals surface area contributed by atoms with Gasteiger partial charge in [-0.25, -0.2) is 4.68 Å². The van der Waals surface area contributed by atoms with Crippen LogP contribution in [0.25, 0.3) is 16.9 Å². The molecule has 5 nitrogen and oxygen atoms in total. The summed E-state index contributed by atoms with van der Waals surface area (Å²) in [7, 11) is 0. The minimum atomic E-state index is 0.0714. The summed E-state index contributed by atoms with van der Waals surface area (Å²) in [6.07, 6.45) is 7.56. The van der Waals surface area contributed by atoms with Crippen LogP contribution in [0.3, 0.4) is 0 Å². The first-order valence-corrected chi connectivity index (χ1v) is 9.06. The fourth-order valence-corrected chi connectivity index (χ4v) is 3.25. The predicted molar refractivity (Wildman–Crippen MR) is 99.6 cm³/mol. The van der Waals surface area contributed by atoms with Crippen LogP contribution in [-0.4, -0.2) is 38.7 Å². The number of hydrogen-bond acceptors (Lipinski definition) is 3. The maximum atomic E-state index is 12.4. The quantitative estimate of drug-likeness (QED) is 0.673. The van der Waals surface area contributed by atoms with E-state index >= 15 is 0 Å². The molecule has 3 aromatic rings. The van der Waals surface area contributed by atoms with Gasteiger partial charge in [-0.2, -0.15) is 5.10 Å². The highest BCUT2D eigenvalue weighted by Crippen LogP contribution is 2.20. The second-order valence-electron chi connectivity index (χ2n) is 6.08. The van der Waals surface area contributed by atoms with Gasteiger partial charge in [-0.05, 0) is 49.2 Å². The molecule has 1 aliphatic rings. The molecule has 0 saturated carbocycles. The normalized spacial score (nSPS) is 14.0. The molecule has 0 bridgehead atoms. The molecule has 0 radical (unpaired) electrons. The van der Waals surface area contributed by atoms with Gasteiger partial charge in [-0.15, -0.1) is 0 Å². The van der Waals surface area contributed by atoms with Crippen molar-refractivity contribution >= 4 is 21.8 Å². The molecule has 0 spiro atoms. The molecule has 0 atom stereocenters. The van der Waals surface area contributed by atoms with Gasteiger partial charge in [0.05, 0.1) is 23.1 Å². The molecular weight excluding hydrogens is 380 g/mol. The first-order chi connectivity index (χ1) is 12.2. The zero-order valence-corrected chi connectivity index (χ0v) is 15.2. The van der Waals surface area contributed by atoms with E-state index in [9.17, 15) is 4.79 Å². The van der Waals surface area contributed by atoms with Gasteiger partial charge >= 0.3 is 0 Å². The third kappa shape index (κ3) is 3.35. The van der Waals surface area contributed by atoms with E-state index in [-0.39, 0.29) is 5.91 Å². The smallest absolute Gasteiger partial charge is 0.255 e. The molecule has 0 unspecified atom stereocenters. The van der Waals surface area contributed by atoms with Crippen LogP contribution in [0.4, 0.5) is 0 Å². The third-order valence-corrected chi connectivity index (χ3v) is 4.90. The Morgan fingerprint density at radius 2 is 1.76 bits per heavy atom. The number of pyridine rings is 1. The minimum absolute atomic E-state index is 0.0714. The van der Waals surface area contributed by atoms with Crippen LogP contribution in [0.1, 0.15) is 23.2 Å². The van der Waals surface area contributed by atoms with E-state index in [4.69, 9.17) is 0 Å². The maximum absolute atomic E-state index is 12.4. The molecule has 4 rings (SSSR count). The molecule has 0 N–H and O–H groups in total. The largest absolute Gasteiger partial charge is 0.339 e. The van der Waals surface area contributed by atoms with Gasteiger partial charge in [-0.3, -0.25) is 9.78 Å². The Bertz CT molecular complexity index is 881. The number of aromatic nitrogens is 3. The SMILES string of the molecule is O=C(c1ccc(-c2cnn(-c3ccc(Br)cc3)c2)nc1)N1CCCC1.